The SMILES string of the molecule is C[C@@H]1CC(=O)Nc2ccccc2N1C(=O)CN(C)Cc1ccc(C(F)(F)F)cc1. The summed E-state index contributed by atoms with van der Waals surface area (Å²) in [5, 5.41) is 2.81. The second-order valence-electron chi connectivity index (χ2n) is 7.25. The molecule has 0 aliphatic carbocycles. The summed E-state index contributed by atoms with van der Waals surface area (Å²) in [6.07, 6.45) is -4.19. The third-order valence-corrected chi connectivity index (χ3v) is 4.77. The molecule has 1 N–H and O–H groups in total. The van der Waals surface area contributed by atoms with Crippen LogP contribution >= 0.6 is 0 Å². The lowest BCUT2D eigenvalue weighted by atomic mass is 10.1. The molecule has 2 amide bonds. The van der Waals surface area contributed by atoms with Crippen LogP contribution in [0.1, 0.15) is 24.5 Å². The predicted octanol–water partition coefficient (Wildman–Crippen LogP) is 3.90. The van der Waals surface area contributed by atoms with Gasteiger partial charge in [-0.2, -0.15) is 13.2 Å². The minimum absolute atomic E-state index is 0.0634. The van der Waals surface area contributed by atoms with E-state index in [0.717, 1.165) is 12.1 Å². The predicted molar refractivity (Wildman–Crippen MR) is 104 cm³/mol. The average molecular weight is 405 g/mol. The van der Waals surface area contributed by atoms with Crippen molar-refractivity contribution in [1.82, 2.24) is 4.90 Å². The monoisotopic (exact) mass is 405 g/mol. The van der Waals surface area contributed by atoms with E-state index in [1.807, 2.05) is 6.92 Å². The Balaban J connectivity index is 1.71. The molecule has 154 valence electrons. The average Bonchev–Trinajstić information content (AvgIpc) is 2.75. The Morgan fingerprint density at radius 3 is 2.48 bits per heavy atom. The number of benzene rings is 2. The lowest BCUT2D eigenvalue weighted by molar-refractivity contribution is -0.137. The lowest BCUT2D eigenvalue weighted by Gasteiger charge is -2.29. The van der Waals surface area contributed by atoms with Gasteiger partial charge in [0.2, 0.25) is 11.8 Å². The molecular weight excluding hydrogens is 383 g/mol. The van der Waals surface area contributed by atoms with Crippen LogP contribution in [0.4, 0.5) is 24.5 Å². The summed E-state index contributed by atoms with van der Waals surface area (Å²) < 4.78 is 38.1. The number of para-hydroxylation sites is 2. The van der Waals surface area contributed by atoms with Crippen molar-refractivity contribution >= 4 is 23.2 Å². The lowest BCUT2D eigenvalue weighted by Crippen LogP contribution is -2.44. The smallest absolute Gasteiger partial charge is 0.324 e. The third kappa shape index (κ3) is 4.95. The first-order valence-corrected chi connectivity index (χ1v) is 9.21. The third-order valence-electron chi connectivity index (χ3n) is 4.77. The molecule has 5 nitrogen and oxygen atoms in total. The minimum Gasteiger partial charge on any atom is -0.324 e. The van der Waals surface area contributed by atoms with E-state index in [2.05, 4.69) is 5.32 Å². The highest BCUT2D eigenvalue weighted by Crippen LogP contribution is 2.31. The maximum absolute atomic E-state index is 13.0. The van der Waals surface area contributed by atoms with Crippen molar-refractivity contribution in [1.29, 1.82) is 0 Å². The number of hydrogen-bond acceptors (Lipinski definition) is 3. The molecule has 29 heavy (non-hydrogen) atoms. The van der Waals surface area contributed by atoms with E-state index in [-0.39, 0.29) is 30.8 Å². The van der Waals surface area contributed by atoms with Crippen LogP contribution in [0, 0.1) is 0 Å². The van der Waals surface area contributed by atoms with Gasteiger partial charge in [0.05, 0.1) is 23.5 Å². The van der Waals surface area contributed by atoms with Crippen LogP contribution in [0.15, 0.2) is 48.5 Å². The summed E-state index contributed by atoms with van der Waals surface area (Å²) >= 11 is 0. The van der Waals surface area contributed by atoms with Gasteiger partial charge >= 0.3 is 6.18 Å². The van der Waals surface area contributed by atoms with E-state index in [4.69, 9.17) is 0 Å². The van der Waals surface area contributed by atoms with E-state index in [9.17, 15) is 22.8 Å². The highest BCUT2D eigenvalue weighted by molar-refractivity contribution is 6.04. The number of nitrogens with one attached hydrogen (secondary N) is 1. The van der Waals surface area contributed by atoms with E-state index in [0.29, 0.717) is 23.5 Å². The number of nitrogens with zero attached hydrogens (tertiary/aromatic N) is 2. The van der Waals surface area contributed by atoms with Gasteiger partial charge in [0, 0.05) is 19.0 Å². The molecular formula is C21H22F3N3O2. The highest BCUT2D eigenvalue weighted by Gasteiger charge is 2.31. The van der Waals surface area contributed by atoms with Gasteiger partial charge in [-0.3, -0.25) is 14.5 Å². The molecule has 2 aromatic carbocycles. The second-order valence-corrected chi connectivity index (χ2v) is 7.25. The number of amides is 2. The Bertz CT molecular complexity index is 897. The van der Waals surface area contributed by atoms with E-state index in [1.165, 1.54) is 12.1 Å². The molecule has 0 fully saturated rings. The van der Waals surface area contributed by atoms with Crippen molar-refractivity contribution < 1.29 is 22.8 Å². The van der Waals surface area contributed by atoms with Gasteiger partial charge in [0.15, 0.2) is 0 Å². The van der Waals surface area contributed by atoms with Crippen molar-refractivity contribution in [3.63, 3.8) is 0 Å². The topological polar surface area (TPSA) is 52.7 Å². The molecule has 2 aromatic rings. The number of rotatable bonds is 4. The van der Waals surface area contributed by atoms with E-state index in [1.54, 1.807) is 41.1 Å². The quantitative estimate of drug-likeness (QED) is 0.840. The maximum atomic E-state index is 13.0. The standard InChI is InChI=1S/C21H22F3N3O2/c1-14-11-19(28)25-17-5-3-4-6-18(17)27(14)20(29)13-26(2)12-15-7-9-16(10-8-15)21(22,23)24/h3-10,14H,11-13H2,1-2H3,(H,25,28)/t14-/m1/s1. The van der Waals surface area contributed by atoms with Crippen molar-refractivity contribution in [3.8, 4) is 0 Å². The molecule has 0 bridgehead atoms. The van der Waals surface area contributed by atoms with Crippen LogP contribution < -0.4 is 10.2 Å². The first-order valence-electron chi connectivity index (χ1n) is 9.21. The Kier molecular flexibility index (Phi) is 5.93. The first kappa shape index (κ1) is 20.9. The molecule has 1 aliphatic rings. The molecule has 0 saturated heterocycles. The number of hydrogen-bond donors (Lipinski definition) is 1. The van der Waals surface area contributed by atoms with Crippen molar-refractivity contribution in [2.45, 2.75) is 32.1 Å². The zero-order chi connectivity index (χ0) is 21.2. The number of halogens is 3. The van der Waals surface area contributed by atoms with Crippen molar-refractivity contribution in [2.75, 3.05) is 23.8 Å². The Hall–Kier alpha value is -2.87. The Morgan fingerprint density at radius 1 is 1.17 bits per heavy atom. The minimum atomic E-state index is -4.37. The maximum Gasteiger partial charge on any atom is 0.416 e. The summed E-state index contributed by atoms with van der Waals surface area (Å²) in [4.78, 5) is 28.4. The summed E-state index contributed by atoms with van der Waals surface area (Å²) in [5.41, 5.74) is 1.20. The largest absolute Gasteiger partial charge is 0.416 e. The van der Waals surface area contributed by atoms with Gasteiger partial charge in [-0.15, -0.1) is 0 Å². The molecule has 0 saturated carbocycles. The molecule has 1 aliphatic heterocycles. The van der Waals surface area contributed by atoms with Gasteiger partial charge in [0.25, 0.3) is 0 Å². The fourth-order valence-electron chi connectivity index (χ4n) is 3.44. The number of alkyl halides is 3. The summed E-state index contributed by atoms with van der Waals surface area (Å²) in [5.74, 6) is -0.339. The summed E-state index contributed by atoms with van der Waals surface area (Å²) in [7, 11) is 1.73. The molecule has 1 atom stereocenters. The number of anilines is 2. The molecule has 0 spiro atoms. The highest BCUT2D eigenvalue weighted by atomic mass is 19.4. The van der Waals surface area contributed by atoms with Crippen LogP contribution in [-0.4, -0.2) is 36.3 Å². The molecule has 0 aromatic heterocycles. The molecule has 1 heterocycles. The molecule has 0 unspecified atom stereocenters. The van der Waals surface area contributed by atoms with Crippen LogP contribution in [0.2, 0.25) is 0 Å². The number of carbonyl (C=O) groups is 2. The van der Waals surface area contributed by atoms with Crippen LogP contribution in [0.5, 0.6) is 0 Å². The molecule has 0 radical (unpaired) electrons. The van der Waals surface area contributed by atoms with Gasteiger partial charge in [-0.1, -0.05) is 24.3 Å². The second kappa shape index (κ2) is 8.24. The number of likely N-dealkylation sites (N-methyl/N-ethyl adjacent to an activating group) is 1. The van der Waals surface area contributed by atoms with Crippen molar-refractivity contribution in [3.05, 3.63) is 59.7 Å². The normalized spacial score (nSPS) is 17.0. The van der Waals surface area contributed by atoms with Gasteiger partial charge in [0.1, 0.15) is 0 Å². The fourth-order valence-corrected chi connectivity index (χ4v) is 3.44. The molecule has 8 heteroatoms. The van der Waals surface area contributed by atoms with Crippen molar-refractivity contribution in [2.24, 2.45) is 0 Å². The fraction of sp³-hybridized carbons (Fsp3) is 0.333. The van der Waals surface area contributed by atoms with E-state index < -0.39 is 11.7 Å². The first-order chi connectivity index (χ1) is 13.6. The summed E-state index contributed by atoms with van der Waals surface area (Å²) in [6.45, 7) is 2.20. The zero-order valence-corrected chi connectivity index (χ0v) is 16.2. The number of fused-ring (bicyclic) bond motifs is 1. The van der Waals surface area contributed by atoms with E-state index >= 15 is 0 Å². The molecule has 3 rings (SSSR count). The van der Waals surface area contributed by atoms with Gasteiger partial charge < -0.3 is 10.2 Å². The summed E-state index contributed by atoms with van der Waals surface area (Å²) in [6, 6.07) is 11.7. The van der Waals surface area contributed by atoms with Gasteiger partial charge in [-0.05, 0) is 43.8 Å². The van der Waals surface area contributed by atoms with Crippen LogP contribution in [0.3, 0.4) is 0 Å². The van der Waals surface area contributed by atoms with Crippen LogP contribution in [0.25, 0.3) is 0 Å². The van der Waals surface area contributed by atoms with Gasteiger partial charge in [-0.25, -0.2) is 0 Å². The zero-order valence-electron chi connectivity index (χ0n) is 16.2. The Morgan fingerprint density at radius 2 is 1.83 bits per heavy atom. The number of carbonyl (C=O) groups excluding carboxylic acids is 2. The Labute approximate surface area is 167 Å². The van der Waals surface area contributed by atoms with Crippen LogP contribution in [-0.2, 0) is 22.3 Å².